The minimum atomic E-state index is -0.268. The highest BCUT2D eigenvalue weighted by molar-refractivity contribution is 7.25. The van der Waals surface area contributed by atoms with Crippen molar-refractivity contribution in [1.29, 1.82) is 0 Å². The van der Waals surface area contributed by atoms with Crippen molar-refractivity contribution in [3.05, 3.63) is 271 Å². The molecule has 320 valence electrons. The van der Waals surface area contributed by atoms with Gasteiger partial charge in [0.05, 0.1) is 5.69 Å². The maximum absolute atomic E-state index is 2.46. The molecule has 1 aliphatic carbocycles. The molecule has 12 aromatic rings. The summed E-state index contributed by atoms with van der Waals surface area (Å²) in [4.78, 5) is 2.46. The first-order valence-electron chi connectivity index (χ1n) is 23.5. The molecule has 0 bridgehead atoms. The van der Waals surface area contributed by atoms with Crippen LogP contribution < -0.4 is 4.90 Å². The minimum absolute atomic E-state index is 0.268. The van der Waals surface area contributed by atoms with Gasteiger partial charge in [-0.2, -0.15) is 0 Å². The van der Waals surface area contributed by atoms with Crippen LogP contribution in [0.15, 0.2) is 255 Å². The lowest BCUT2D eigenvalue weighted by atomic mass is 9.74. The van der Waals surface area contributed by atoms with Crippen LogP contribution in [0, 0.1) is 0 Å². The highest BCUT2D eigenvalue weighted by atomic mass is 32.1. The zero-order valence-electron chi connectivity index (χ0n) is 37.6. The van der Waals surface area contributed by atoms with Crippen LogP contribution in [-0.4, -0.2) is 0 Å². The first-order valence-corrected chi connectivity index (χ1v) is 24.3. The second-order valence-corrected chi connectivity index (χ2v) is 19.2. The van der Waals surface area contributed by atoms with E-state index in [1.165, 1.54) is 103 Å². The maximum Gasteiger partial charge on any atom is 0.0540 e. The second-order valence-electron chi connectivity index (χ2n) is 18.1. The highest BCUT2D eigenvalue weighted by Gasteiger charge is 2.40. The molecule has 0 N–H and O–H groups in total. The van der Waals surface area contributed by atoms with Gasteiger partial charge < -0.3 is 4.90 Å². The van der Waals surface area contributed by atoms with Gasteiger partial charge in [0, 0.05) is 42.5 Å². The van der Waals surface area contributed by atoms with Crippen LogP contribution in [0.25, 0.3) is 86.6 Å². The lowest BCUT2D eigenvalue weighted by molar-refractivity contribution is 0.714. The molecule has 1 unspecified atom stereocenters. The molecule has 11 aromatic carbocycles. The molecule has 0 amide bonds. The van der Waals surface area contributed by atoms with Crippen molar-refractivity contribution >= 4 is 59.3 Å². The van der Waals surface area contributed by atoms with Crippen LogP contribution in [-0.2, 0) is 5.41 Å². The van der Waals surface area contributed by atoms with E-state index >= 15 is 0 Å². The summed E-state index contributed by atoms with van der Waals surface area (Å²) in [6, 6.07) is 94.1. The van der Waals surface area contributed by atoms with E-state index in [0.717, 1.165) is 17.1 Å². The van der Waals surface area contributed by atoms with Crippen LogP contribution in [0.4, 0.5) is 17.1 Å². The number of hydrogen-bond donors (Lipinski definition) is 0. The molecular formula is C66H45NS. The highest BCUT2D eigenvalue weighted by Crippen LogP contribution is 2.53. The fourth-order valence-corrected chi connectivity index (χ4v) is 12.3. The molecule has 13 rings (SSSR count). The number of nitrogens with zero attached hydrogens (tertiary/aromatic N) is 1. The Morgan fingerprint density at radius 1 is 0.338 bits per heavy atom. The first-order chi connectivity index (χ1) is 33.6. The zero-order chi connectivity index (χ0) is 45.2. The van der Waals surface area contributed by atoms with E-state index in [1.54, 1.807) is 0 Å². The van der Waals surface area contributed by atoms with Crippen molar-refractivity contribution < 1.29 is 0 Å². The Labute approximate surface area is 401 Å². The molecular weight excluding hydrogens is 839 g/mol. The molecule has 1 atom stereocenters. The molecule has 0 fully saturated rings. The predicted octanol–water partition coefficient (Wildman–Crippen LogP) is 18.7. The standard InChI is InChI=1S/C66H45NS/c1-66(49-23-6-3-7-24-49)59-32-11-8-26-54(59)55-41-38-47(43-60(55)66)44-36-39-50(40-37-44)67(51-25-14-22-48(42-51)53-30-17-35-63-65(53)58-28-10-13-34-62(58)68-63)61-33-12-9-27-56(61)57-31-16-21-46-20-15-29-52(64(46)57)45-18-4-2-5-19-45/h2-43H,1H3. The molecule has 0 aliphatic heterocycles. The molecule has 1 aromatic heterocycles. The lowest BCUT2D eigenvalue weighted by Gasteiger charge is -2.29. The van der Waals surface area contributed by atoms with Crippen molar-refractivity contribution in [3.63, 3.8) is 0 Å². The monoisotopic (exact) mass is 883 g/mol. The number of benzene rings is 11. The summed E-state index contributed by atoms with van der Waals surface area (Å²) < 4.78 is 2.61. The number of para-hydroxylation sites is 1. The second kappa shape index (κ2) is 16.2. The summed E-state index contributed by atoms with van der Waals surface area (Å²) in [7, 11) is 0. The summed E-state index contributed by atoms with van der Waals surface area (Å²) in [6.07, 6.45) is 0. The van der Waals surface area contributed by atoms with Gasteiger partial charge in [-0.25, -0.2) is 0 Å². The van der Waals surface area contributed by atoms with Crippen LogP contribution in [0.2, 0.25) is 0 Å². The van der Waals surface area contributed by atoms with E-state index in [1.807, 2.05) is 11.3 Å². The molecule has 0 radical (unpaired) electrons. The van der Waals surface area contributed by atoms with Crippen molar-refractivity contribution in [2.75, 3.05) is 4.90 Å². The summed E-state index contributed by atoms with van der Waals surface area (Å²) in [5.74, 6) is 0. The molecule has 2 heteroatoms. The van der Waals surface area contributed by atoms with E-state index in [0.29, 0.717) is 0 Å². The SMILES string of the molecule is CC1(c2ccccc2)c2ccccc2-c2ccc(-c3ccc(N(c4cccc(-c5cccc6sc7ccccc7c56)c4)c4ccccc4-c4cccc5cccc(-c6ccccc6)c45)cc3)cc21. The van der Waals surface area contributed by atoms with Gasteiger partial charge in [-0.3, -0.25) is 0 Å². The Morgan fingerprint density at radius 3 is 1.75 bits per heavy atom. The van der Waals surface area contributed by atoms with Crippen LogP contribution >= 0.6 is 11.3 Å². The summed E-state index contributed by atoms with van der Waals surface area (Å²) >= 11 is 1.87. The quantitative estimate of drug-likeness (QED) is 0.147. The lowest BCUT2D eigenvalue weighted by Crippen LogP contribution is -2.22. The summed E-state index contributed by atoms with van der Waals surface area (Å²) in [6.45, 7) is 2.39. The van der Waals surface area contributed by atoms with Gasteiger partial charge in [0.25, 0.3) is 0 Å². The molecule has 1 nitrogen and oxygen atoms in total. The molecule has 1 aliphatic rings. The Balaban J connectivity index is 0.984. The third-order valence-corrected chi connectivity index (χ3v) is 15.5. The number of hydrogen-bond acceptors (Lipinski definition) is 2. The van der Waals surface area contributed by atoms with Gasteiger partial charge in [0.2, 0.25) is 0 Å². The fraction of sp³-hybridized carbons (Fsp3) is 0.0303. The average molecular weight is 884 g/mol. The van der Waals surface area contributed by atoms with Crippen molar-refractivity contribution in [2.24, 2.45) is 0 Å². The molecule has 0 spiro atoms. The molecule has 1 heterocycles. The predicted molar refractivity (Wildman–Crippen MR) is 291 cm³/mol. The Hall–Kier alpha value is -8.30. The molecule has 68 heavy (non-hydrogen) atoms. The first kappa shape index (κ1) is 40.0. The number of anilines is 3. The Bertz CT molecular complexity index is 3860. The van der Waals surface area contributed by atoms with Crippen molar-refractivity contribution in [3.8, 4) is 55.6 Å². The number of fused-ring (bicyclic) bond motifs is 7. The van der Waals surface area contributed by atoms with Gasteiger partial charge >= 0.3 is 0 Å². The minimum Gasteiger partial charge on any atom is -0.310 e. The van der Waals surface area contributed by atoms with Crippen LogP contribution in [0.5, 0.6) is 0 Å². The molecule has 0 saturated heterocycles. The molecule has 0 saturated carbocycles. The largest absolute Gasteiger partial charge is 0.310 e. The van der Waals surface area contributed by atoms with E-state index in [-0.39, 0.29) is 5.41 Å². The van der Waals surface area contributed by atoms with Crippen LogP contribution in [0.3, 0.4) is 0 Å². The third kappa shape index (κ3) is 6.44. The summed E-state index contributed by atoms with van der Waals surface area (Å²) in [5, 5.41) is 5.07. The van der Waals surface area contributed by atoms with Crippen molar-refractivity contribution in [1.82, 2.24) is 0 Å². The van der Waals surface area contributed by atoms with Gasteiger partial charge in [-0.1, -0.05) is 206 Å². The Kier molecular flexibility index (Phi) is 9.56. The maximum atomic E-state index is 2.46. The van der Waals surface area contributed by atoms with Gasteiger partial charge in [-0.15, -0.1) is 11.3 Å². The van der Waals surface area contributed by atoms with Gasteiger partial charge in [0.15, 0.2) is 0 Å². The van der Waals surface area contributed by atoms with E-state index in [9.17, 15) is 0 Å². The van der Waals surface area contributed by atoms with E-state index in [4.69, 9.17) is 0 Å². The van der Waals surface area contributed by atoms with Gasteiger partial charge in [0.1, 0.15) is 0 Å². The summed E-state index contributed by atoms with van der Waals surface area (Å²) in [5.41, 5.74) is 19.3. The smallest absolute Gasteiger partial charge is 0.0540 e. The van der Waals surface area contributed by atoms with Crippen LogP contribution in [0.1, 0.15) is 23.6 Å². The fourth-order valence-electron chi connectivity index (χ4n) is 11.1. The number of rotatable bonds is 8. The van der Waals surface area contributed by atoms with E-state index in [2.05, 4.69) is 267 Å². The normalized spacial score (nSPS) is 14.0. The number of thiophene rings is 1. The Morgan fingerprint density at radius 2 is 0.926 bits per heavy atom. The topological polar surface area (TPSA) is 3.24 Å². The zero-order valence-corrected chi connectivity index (χ0v) is 38.4. The average Bonchev–Trinajstić information content (AvgIpc) is 3.92. The van der Waals surface area contributed by atoms with Crippen molar-refractivity contribution in [2.45, 2.75) is 12.3 Å². The van der Waals surface area contributed by atoms with Gasteiger partial charge in [-0.05, 0) is 133 Å². The third-order valence-electron chi connectivity index (χ3n) is 14.4. The van der Waals surface area contributed by atoms with E-state index < -0.39 is 0 Å².